The third-order valence-corrected chi connectivity index (χ3v) is 5.73. The predicted molar refractivity (Wildman–Crippen MR) is 136 cm³/mol. The Balaban J connectivity index is 1.35. The standard InChI is InChI=1S/C25H29ClN6O2/c26-22-15-20(7-8-23(22)34-17-19-5-2-1-3-6-19)31-25-21(24(27)29-18-30-25)16-28-9-4-10-32-11-13-33-14-12-32/h1-3,5-8,15-16,18H,4,9-14,17H2,(H3,27,29,30,31)/b28-16+. The summed E-state index contributed by atoms with van der Waals surface area (Å²) in [5.41, 5.74) is 8.59. The first-order valence-electron chi connectivity index (χ1n) is 11.3. The van der Waals surface area contributed by atoms with E-state index in [2.05, 4.69) is 25.2 Å². The molecule has 0 bridgehead atoms. The minimum atomic E-state index is 0.364. The minimum absolute atomic E-state index is 0.364. The predicted octanol–water partition coefficient (Wildman–Crippen LogP) is 4.18. The van der Waals surface area contributed by atoms with E-state index in [0.29, 0.717) is 41.1 Å². The number of nitrogens with one attached hydrogen (secondary N) is 1. The fourth-order valence-electron chi connectivity index (χ4n) is 3.57. The maximum absolute atomic E-state index is 6.45. The highest BCUT2D eigenvalue weighted by Crippen LogP contribution is 2.30. The summed E-state index contributed by atoms with van der Waals surface area (Å²) in [7, 11) is 0. The summed E-state index contributed by atoms with van der Waals surface area (Å²) < 4.78 is 11.2. The first kappa shape index (κ1) is 23.9. The number of hydrogen-bond acceptors (Lipinski definition) is 8. The number of nitrogens with zero attached hydrogens (tertiary/aromatic N) is 4. The third-order valence-electron chi connectivity index (χ3n) is 5.43. The van der Waals surface area contributed by atoms with Crippen LogP contribution in [0.2, 0.25) is 5.02 Å². The Kier molecular flexibility index (Phi) is 8.67. The molecule has 1 aliphatic rings. The zero-order chi connectivity index (χ0) is 23.6. The van der Waals surface area contributed by atoms with Gasteiger partial charge in [0.25, 0.3) is 0 Å². The van der Waals surface area contributed by atoms with Gasteiger partial charge in [0.15, 0.2) is 0 Å². The van der Waals surface area contributed by atoms with Crippen LogP contribution in [0.5, 0.6) is 5.75 Å². The molecule has 1 aliphatic heterocycles. The van der Waals surface area contributed by atoms with E-state index in [4.69, 9.17) is 26.8 Å². The number of hydrogen-bond donors (Lipinski definition) is 2. The van der Waals surface area contributed by atoms with Crippen molar-refractivity contribution in [1.82, 2.24) is 14.9 Å². The minimum Gasteiger partial charge on any atom is -0.487 e. The van der Waals surface area contributed by atoms with Gasteiger partial charge in [-0.3, -0.25) is 9.89 Å². The molecule has 3 N–H and O–H groups in total. The number of ether oxygens (including phenoxy) is 2. The second-order valence-electron chi connectivity index (χ2n) is 7.91. The van der Waals surface area contributed by atoms with Crippen LogP contribution in [0.15, 0.2) is 59.9 Å². The van der Waals surface area contributed by atoms with Crippen molar-refractivity contribution in [1.29, 1.82) is 0 Å². The molecule has 2 aromatic carbocycles. The second kappa shape index (κ2) is 12.3. The van der Waals surface area contributed by atoms with E-state index in [9.17, 15) is 0 Å². The summed E-state index contributed by atoms with van der Waals surface area (Å²) >= 11 is 6.45. The number of anilines is 3. The molecule has 0 amide bonds. The van der Waals surface area contributed by atoms with Gasteiger partial charge in [0.05, 0.1) is 23.8 Å². The first-order chi connectivity index (χ1) is 16.7. The summed E-state index contributed by atoms with van der Waals surface area (Å²) in [4.78, 5) is 15.4. The Hall–Kier alpha value is -3.20. The molecule has 0 spiro atoms. The van der Waals surface area contributed by atoms with Gasteiger partial charge in [-0.25, -0.2) is 9.97 Å². The lowest BCUT2D eigenvalue weighted by atomic mass is 10.2. The van der Waals surface area contributed by atoms with Gasteiger partial charge in [-0.05, 0) is 30.2 Å². The van der Waals surface area contributed by atoms with E-state index >= 15 is 0 Å². The number of benzene rings is 2. The number of rotatable bonds is 10. The largest absolute Gasteiger partial charge is 0.487 e. The molecule has 0 saturated carbocycles. The molecule has 178 valence electrons. The molecule has 8 nitrogen and oxygen atoms in total. The van der Waals surface area contributed by atoms with Crippen molar-refractivity contribution in [2.24, 2.45) is 4.99 Å². The maximum Gasteiger partial charge on any atom is 0.144 e. The molecule has 1 fully saturated rings. The monoisotopic (exact) mass is 480 g/mol. The smallest absolute Gasteiger partial charge is 0.144 e. The van der Waals surface area contributed by atoms with Gasteiger partial charge in [-0.1, -0.05) is 41.9 Å². The highest BCUT2D eigenvalue weighted by atomic mass is 35.5. The Morgan fingerprint density at radius 2 is 1.97 bits per heavy atom. The van der Waals surface area contributed by atoms with Crippen molar-refractivity contribution in [2.75, 3.05) is 50.4 Å². The van der Waals surface area contributed by atoms with Crippen LogP contribution in [0.25, 0.3) is 0 Å². The third kappa shape index (κ3) is 6.90. The van der Waals surface area contributed by atoms with E-state index < -0.39 is 0 Å². The van der Waals surface area contributed by atoms with Crippen molar-refractivity contribution in [2.45, 2.75) is 13.0 Å². The number of nitrogens with two attached hydrogens (primary N) is 1. The van der Waals surface area contributed by atoms with Gasteiger partial charge in [-0.15, -0.1) is 0 Å². The molecule has 9 heteroatoms. The fourth-order valence-corrected chi connectivity index (χ4v) is 3.81. The van der Waals surface area contributed by atoms with Crippen LogP contribution in [0, 0.1) is 0 Å². The Labute approximate surface area is 204 Å². The van der Waals surface area contributed by atoms with Crippen molar-refractivity contribution >= 4 is 35.1 Å². The summed E-state index contributed by atoms with van der Waals surface area (Å²) in [6, 6.07) is 15.5. The Morgan fingerprint density at radius 1 is 1.15 bits per heavy atom. The zero-order valence-corrected chi connectivity index (χ0v) is 19.7. The number of aliphatic imine (C=N–C) groups is 1. The molecule has 0 aliphatic carbocycles. The average molecular weight is 481 g/mol. The van der Waals surface area contributed by atoms with Crippen molar-refractivity contribution < 1.29 is 9.47 Å². The van der Waals surface area contributed by atoms with E-state index in [1.165, 1.54) is 6.33 Å². The molecular formula is C25H29ClN6O2. The maximum atomic E-state index is 6.45. The lowest BCUT2D eigenvalue weighted by Crippen LogP contribution is -2.37. The molecule has 0 atom stereocenters. The van der Waals surface area contributed by atoms with Gasteiger partial charge in [0.2, 0.25) is 0 Å². The van der Waals surface area contributed by atoms with Crippen molar-refractivity contribution in [3.05, 3.63) is 71.0 Å². The Bertz CT molecular complexity index is 1090. The van der Waals surface area contributed by atoms with Crippen molar-refractivity contribution in [3.8, 4) is 5.75 Å². The van der Waals surface area contributed by atoms with Crippen molar-refractivity contribution in [3.63, 3.8) is 0 Å². The van der Waals surface area contributed by atoms with E-state index in [1.807, 2.05) is 42.5 Å². The molecular weight excluding hydrogens is 452 g/mol. The lowest BCUT2D eigenvalue weighted by Gasteiger charge is -2.26. The number of aromatic nitrogens is 2. The van der Waals surface area contributed by atoms with E-state index in [1.54, 1.807) is 12.3 Å². The van der Waals surface area contributed by atoms with E-state index in [-0.39, 0.29) is 0 Å². The first-order valence-corrected chi connectivity index (χ1v) is 11.7. The molecule has 34 heavy (non-hydrogen) atoms. The summed E-state index contributed by atoms with van der Waals surface area (Å²) in [6.45, 7) is 5.72. The quantitative estimate of drug-likeness (QED) is 0.332. The Morgan fingerprint density at radius 3 is 2.76 bits per heavy atom. The summed E-state index contributed by atoms with van der Waals surface area (Å²) in [6.07, 6.45) is 4.12. The molecule has 1 aromatic heterocycles. The van der Waals surface area contributed by atoms with Gasteiger partial charge < -0.3 is 20.5 Å². The van der Waals surface area contributed by atoms with E-state index in [0.717, 1.165) is 50.5 Å². The average Bonchev–Trinajstić information content (AvgIpc) is 2.86. The summed E-state index contributed by atoms with van der Waals surface area (Å²) in [5, 5.41) is 3.76. The number of nitrogen functional groups attached to an aromatic ring is 1. The topological polar surface area (TPSA) is 97.9 Å². The van der Waals surface area contributed by atoms with Gasteiger partial charge in [0.1, 0.15) is 30.3 Å². The lowest BCUT2D eigenvalue weighted by molar-refractivity contribution is 0.0377. The van der Waals surface area contributed by atoms with Gasteiger partial charge in [0, 0.05) is 38.1 Å². The van der Waals surface area contributed by atoms with Crippen LogP contribution in [0.1, 0.15) is 17.5 Å². The summed E-state index contributed by atoms with van der Waals surface area (Å²) in [5.74, 6) is 1.54. The van der Waals surface area contributed by atoms with Gasteiger partial charge >= 0.3 is 0 Å². The zero-order valence-electron chi connectivity index (χ0n) is 19.0. The number of morpholine rings is 1. The molecule has 3 aromatic rings. The van der Waals surface area contributed by atoms with Crippen LogP contribution in [0.3, 0.4) is 0 Å². The number of halogens is 1. The normalized spacial score (nSPS) is 14.4. The molecule has 0 unspecified atom stereocenters. The van der Waals surface area contributed by atoms with Crippen LogP contribution in [-0.4, -0.2) is 60.5 Å². The molecule has 0 radical (unpaired) electrons. The van der Waals surface area contributed by atoms with Crippen LogP contribution in [-0.2, 0) is 11.3 Å². The fraction of sp³-hybridized carbons (Fsp3) is 0.320. The van der Waals surface area contributed by atoms with Crippen LogP contribution >= 0.6 is 11.6 Å². The van der Waals surface area contributed by atoms with Gasteiger partial charge in [-0.2, -0.15) is 0 Å². The van der Waals surface area contributed by atoms with Crippen LogP contribution in [0.4, 0.5) is 17.3 Å². The second-order valence-corrected chi connectivity index (χ2v) is 8.32. The molecule has 2 heterocycles. The SMILES string of the molecule is Nc1ncnc(Nc2ccc(OCc3ccccc3)c(Cl)c2)c1/C=N/CCCN1CCOCC1. The van der Waals surface area contributed by atoms with Crippen LogP contribution < -0.4 is 15.8 Å². The molecule has 4 rings (SSSR count). The molecule has 1 saturated heterocycles. The highest BCUT2D eigenvalue weighted by molar-refractivity contribution is 6.32. The highest BCUT2D eigenvalue weighted by Gasteiger charge is 2.11.